The quantitative estimate of drug-likeness (QED) is 0.451. The fraction of sp³-hybridized carbons (Fsp3) is 0.423. The van der Waals surface area contributed by atoms with Crippen LogP contribution in [0.1, 0.15) is 57.8 Å². The predicted molar refractivity (Wildman–Crippen MR) is 126 cm³/mol. The first-order valence-electron chi connectivity index (χ1n) is 11.5. The lowest BCUT2D eigenvalue weighted by Gasteiger charge is -2.31. The maximum atomic E-state index is 13.7. The smallest absolute Gasteiger partial charge is 0.266 e. The zero-order valence-corrected chi connectivity index (χ0v) is 19.1. The molecular formula is C26H31N3O3. The molecule has 0 aliphatic heterocycles. The number of fused-ring (bicyclic) bond motifs is 1. The van der Waals surface area contributed by atoms with Gasteiger partial charge in [0, 0.05) is 12.5 Å². The molecule has 2 aromatic carbocycles. The van der Waals surface area contributed by atoms with Gasteiger partial charge < -0.3 is 9.64 Å². The Morgan fingerprint density at radius 3 is 2.59 bits per heavy atom. The van der Waals surface area contributed by atoms with E-state index in [1.807, 2.05) is 54.3 Å². The predicted octanol–water partition coefficient (Wildman–Crippen LogP) is 4.88. The van der Waals surface area contributed by atoms with E-state index >= 15 is 0 Å². The summed E-state index contributed by atoms with van der Waals surface area (Å²) in [6, 6.07) is 14.5. The van der Waals surface area contributed by atoms with Crippen LogP contribution in [0.15, 0.2) is 53.3 Å². The van der Waals surface area contributed by atoms with Gasteiger partial charge in [-0.05, 0) is 50.5 Å². The van der Waals surface area contributed by atoms with Crippen LogP contribution in [0.2, 0.25) is 0 Å². The summed E-state index contributed by atoms with van der Waals surface area (Å²) >= 11 is 0. The van der Waals surface area contributed by atoms with Crippen LogP contribution in [0.25, 0.3) is 16.6 Å². The minimum absolute atomic E-state index is 0.103. The van der Waals surface area contributed by atoms with E-state index in [4.69, 9.17) is 9.72 Å². The largest absolute Gasteiger partial charge is 0.495 e. The van der Waals surface area contributed by atoms with Crippen molar-refractivity contribution in [3.8, 4) is 11.4 Å². The maximum absolute atomic E-state index is 13.7. The molecule has 6 nitrogen and oxygen atoms in total. The summed E-state index contributed by atoms with van der Waals surface area (Å²) in [6.45, 7) is 4.80. The van der Waals surface area contributed by atoms with Crippen LogP contribution in [0.4, 0.5) is 0 Å². The van der Waals surface area contributed by atoms with Crippen LogP contribution in [0.3, 0.4) is 0 Å². The van der Waals surface area contributed by atoms with Crippen molar-refractivity contribution in [3.05, 3.63) is 64.7 Å². The number of benzene rings is 2. The van der Waals surface area contributed by atoms with Crippen molar-refractivity contribution in [3.63, 3.8) is 0 Å². The van der Waals surface area contributed by atoms with Crippen molar-refractivity contribution in [1.29, 1.82) is 0 Å². The number of carbonyl (C=O) groups is 1. The van der Waals surface area contributed by atoms with Crippen LogP contribution in [-0.4, -0.2) is 34.0 Å². The molecule has 1 unspecified atom stereocenters. The molecule has 1 aromatic heterocycles. The first-order chi connectivity index (χ1) is 15.6. The van der Waals surface area contributed by atoms with E-state index in [0.717, 1.165) is 32.1 Å². The number of para-hydroxylation sites is 3. The average Bonchev–Trinajstić information content (AvgIpc) is 3.67. The minimum atomic E-state index is -0.345. The zero-order valence-electron chi connectivity index (χ0n) is 19.1. The Kier molecular flexibility index (Phi) is 6.58. The molecule has 32 heavy (non-hydrogen) atoms. The number of rotatable bonds is 9. The van der Waals surface area contributed by atoms with E-state index in [1.54, 1.807) is 17.7 Å². The minimum Gasteiger partial charge on any atom is -0.495 e. The standard InChI is InChI=1S/C26H31N3O3/c1-4-5-10-17-28(25(30)19-15-16-19)18(2)24-27-21-12-7-6-11-20(21)26(31)29(24)22-13-8-9-14-23(22)32-3/h6-9,11-14,18-19H,4-5,10,15-17H2,1-3H3. The number of aromatic nitrogens is 2. The third kappa shape index (κ3) is 4.27. The number of ether oxygens (including phenoxy) is 1. The average molecular weight is 434 g/mol. The van der Waals surface area contributed by atoms with Gasteiger partial charge in [-0.3, -0.25) is 14.2 Å². The van der Waals surface area contributed by atoms with Crippen LogP contribution < -0.4 is 10.3 Å². The van der Waals surface area contributed by atoms with Crippen LogP contribution in [-0.2, 0) is 4.79 Å². The Bertz CT molecular complexity index is 1170. The van der Waals surface area contributed by atoms with E-state index in [0.29, 0.717) is 34.7 Å². The lowest BCUT2D eigenvalue weighted by atomic mass is 10.1. The zero-order chi connectivity index (χ0) is 22.7. The van der Waals surface area contributed by atoms with Gasteiger partial charge in [-0.1, -0.05) is 44.0 Å². The first-order valence-corrected chi connectivity index (χ1v) is 11.5. The van der Waals surface area contributed by atoms with Crippen LogP contribution >= 0.6 is 0 Å². The van der Waals surface area contributed by atoms with E-state index in [1.165, 1.54) is 0 Å². The maximum Gasteiger partial charge on any atom is 0.266 e. The van der Waals surface area contributed by atoms with Crippen molar-refractivity contribution in [1.82, 2.24) is 14.5 Å². The van der Waals surface area contributed by atoms with Gasteiger partial charge >= 0.3 is 0 Å². The molecule has 1 aliphatic carbocycles. The van der Waals surface area contributed by atoms with E-state index < -0.39 is 0 Å². The molecule has 1 aliphatic rings. The number of hydrogen-bond donors (Lipinski definition) is 0. The van der Waals surface area contributed by atoms with Crippen molar-refractivity contribution in [2.24, 2.45) is 5.92 Å². The molecule has 0 N–H and O–H groups in total. The topological polar surface area (TPSA) is 64.4 Å². The Labute approximate surface area is 188 Å². The van der Waals surface area contributed by atoms with Crippen LogP contribution in [0.5, 0.6) is 5.75 Å². The van der Waals surface area contributed by atoms with Gasteiger partial charge in [-0.25, -0.2) is 4.98 Å². The summed E-state index contributed by atoms with van der Waals surface area (Å²) in [5.41, 5.74) is 1.11. The Morgan fingerprint density at radius 2 is 1.88 bits per heavy atom. The van der Waals surface area contributed by atoms with Crippen molar-refractivity contribution >= 4 is 16.8 Å². The molecule has 1 atom stereocenters. The molecule has 1 fully saturated rings. The second-order valence-corrected chi connectivity index (χ2v) is 8.49. The number of nitrogens with zero attached hydrogens (tertiary/aromatic N) is 3. The third-order valence-electron chi connectivity index (χ3n) is 6.18. The highest BCUT2D eigenvalue weighted by molar-refractivity contribution is 5.82. The number of unbranched alkanes of at least 4 members (excludes halogenated alkanes) is 2. The summed E-state index contributed by atoms with van der Waals surface area (Å²) in [5, 5.41) is 0.542. The number of amides is 1. The summed E-state index contributed by atoms with van der Waals surface area (Å²) in [7, 11) is 1.59. The molecule has 0 spiro atoms. The highest BCUT2D eigenvalue weighted by Crippen LogP contribution is 2.35. The fourth-order valence-electron chi connectivity index (χ4n) is 4.21. The molecule has 0 radical (unpaired) electrons. The highest BCUT2D eigenvalue weighted by Gasteiger charge is 2.36. The molecule has 6 heteroatoms. The van der Waals surface area contributed by atoms with Gasteiger partial charge in [-0.15, -0.1) is 0 Å². The van der Waals surface area contributed by atoms with Gasteiger partial charge in [0.15, 0.2) is 0 Å². The molecule has 4 rings (SSSR count). The molecule has 0 bridgehead atoms. The van der Waals surface area contributed by atoms with Gasteiger partial charge in [-0.2, -0.15) is 0 Å². The van der Waals surface area contributed by atoms with E-state index in [2.05, 4.69) is 6.92 Å². The second kappa shape index (κ2) is 9.55. The summed E-state index contributed by atoms with van der Waals surface area (Å²) in [4.78, 5) is 33.7. The lowest BCUT2D eigenvalue weighted by molar-refractivity contribution is -0.135. The highest BCUT2D eigenvalue weighted by atomic mass is 16.5. The van der Waals surface area contributed by atoms with Crippen LogP contribution in [0, 0.1) is 5.92 Å². The van der Waals surface area contributed by atoms with Crippen molar-refractivity contribution < 1.29 is 9.53 Å². The Morgan fingerprint density at radius 1 is 1.16 bits per heavy atom. The summed E-state index contributed by atoms with van der Waals surface area (Å²) in [6.07, 6.45) is 4.97. The normalized spacial score (nSPS) is 14.3. The number of methoxy groups -OCH3 is 1. The van der Waals surface area contributed by atoms with Crippen molar-refractivity contribution in [2.45, 2.75) is 52.0 Å². The van der Waals surface area contributed by atoms with Gasteiger partial charge in [0.1, 0.15) is 11.6 Å². The second-order valence-electron chi connectivity index (χ2n) is 8.49. The lowest BCUT2D eigenvalue weighted by Crippen LogP contribution is -2.39. The molecule has 1 saturated carbocycles. The first kappa shape index (κ1) is 22.1. The van der Waals surface area contributed by atoms with E-state index in [-0.39, 0.29) is 23.4 Å². The van der Waals surface area contributed by atoms with Gasteiger partial charge in [0.25, 0.3) is 5.56 Å². The molecule has 1 amide bonds. The molecule has 1 heterocycles. The third-order valence-corrected chi connectivity index (χ3v) is 6.18. The molecule has 0 saturated heterocycles. The Hall–Kier alpha value is -3.15. The number of hydrogen-bond acceptors (Lipinski definition) is 4. The van der Waals surface area contributed by atoms with Gasteiger partial charge in [0.2, 0.25) is 5.91 Å². The monoisotopic (exact) mass is 433 g/mol. The molecule has 168 valence electrons. The summed E-state index contributed by atoms with van der Waals surface area (Å²) in [5.74, 6) is 1.42. The fourth-order valence-corrected chi connectivity index (χ4v) is 4.21. The Balaban J connectivity index is 1.89. The van der Waals surface area contributed by atoms with E-state index in [9.17, 15) is 9.59 Å². The van der Waals surface area contributed by atoms with Crippen molar-refractivity contribution in [2.75, 3.05) is 13.7 Å². The summed E-state index contributed by atoms with van der Waals surface area (Å²) < 4.78 is 7.19. The molecule has 3 aromatic rings. The molecular weight excluding hydrogens is 402 g/mol. The SMILES string of the molecule is CCCCCN(C(=O)C1CC1)C(C)c1nc2ccccc2c(=O)n1-c1ccccc1OC. The number of carbonyl (C=O) groups excluding carboxylic acids is 1. The van der Waals surface area contributed by atoms with Gasteiger partial charge in [0.05, 0.1) is 29.7 Å².